The fraction of sp³-hybridized carbons (Fsp3) is 0.643. The van der Waals surface area contributed by atoms with Gasteiger partial charge < -0.3 is 9.72 Å². The Morgan fingerprint density at radius 3 is 2.15 bits per heavy atom. The molecule has 3 aromatic rings. The van der Waals surface area contributed by atoms with E-state index in [4.69, 9.17) is 4.74 Å². The number of aromatic amines is 1. The summed E-state index contributed by atoms with van der Waals surface area (Å²) >= 11 is 0. The summed E-state index contributed by atoms with van der Waals surface area (Å²) in [4.78, 5) is 3.08. The Balaban J connectivity index is 1.28. The summed E-state index contributed by atoms with van der Waals surface area (Å²) in [6.07, 6.45) is 21.7. The highest BCUT2D eigenvalue weighted by Gasteiger charge is 2.16. The molecule has 5 heteroatoms. The predicted molar refractivity (Wildman–Crippen MR) is 137 cm³/mol. The summed E-state index contributed by atoms with van der Waals surface area (Å²) in [6.45, 7) is 4.42. The first-order chi connectivity index (χ1) is 16.3. The molecule has 0 aliphatic carbocycles. The minimum atomic E-state index is -0.0632. The molecule has 0 fully saturated rings. The standard InChI is InChI=1S/C28H44N4O/c1-3-5-6-7-8-9-10-11-12-13-14-15-16-18-24-19-17-20-25(21-24)33-27(4-2)26-22-28-29-23-30-32(28)31-26/h17,19-23,27H,3-16,18H2,1-2H3,(H,29,30). The van der Waals surface area contributed by atoms with Crippen LogP contribution in [0.1, 0.15) is 121 Å². The minimum Gasteiger partial charge on any atom is -0.484 e. The van der Waals surface area contributed by atoms with Gasteiger partial charge in [-0.05, 0) is 37.0 Å². The molecule has 5 nitrogen and oxygen atoms in total. The summed E-state index contributed by atoms with van der Waals surface area (Å²) in [5.74, 6) is 0.929. The summed E-state index contributed by atoms with van der Waals surface area (Å²) in [5.41, 5.74) is 3.17. The molecule has 0 spiro atoms. The quantitative estimate of drug-likeness (QED) is 0.198. The highest BCUT2D eigenvalue weighted by atomic mass is 16.5. The number of rotatable bonds is 18. The number of unbranched alkanes of at least 4 members (excludes halogenated alkanes) is 12. The van der Waals surface area contributed by atoms with Crippen molar-refractivity contribution >= 4 is 5.65 Å². The molecule has 1 unspecified atom stereocenters. The lowest BCUT2D eigenvalue weighted by molar-refractivity contribution is 0.195. The fourth-order valence-electron chi connectivity index (χ4n) is 4.52. The van der Waals surface area contributed by atoms with Crippen LogP contribution in [0.15, 0.2) is 36.7 Å². The number of nitrogens with zero attached hydrogens (tertiary/aromatic N) is 3. The first-order valence-corrected chi connectivity index (χ1v) is 13.4. The second kappa shape index (κ2) is 14.8. The number of H-pyrrole nitrogens is 1. The molecule has 2 heterocycles. The van der Waals surface area contributed by atoms with Gasteiger partial charge in [-0.25, -0.2) is 0 Å². The van der Waals surface area contributed by atoms with Crippen LogP contribution in [0.3, 0.4) is 0 Å². The van der Waals surface area contributed by atoms with Crippen LogP contribution in [-0.2, 0) is 6.42 Å². The third-order valence-corrected chi connectivity index (χ3v) is 6.54. The average molecular weight is 453 g/mol. The Kier molecular flexibility index (Phi) is 11.3. The summed E-state index contributed by atoms with van der Waals surface area (Å²) in [7, 11) is 0. The van der Waals surface area contributed by atoms with Crippen LogP contribution >= 0.6 is 0 Å². The van der Waals surface area contributed by atoms with E-state index in [1.165, 1.54) is 89.0 Å². The first kappa shape index (κ1) is 25.3. The Morgan fingerprint density at radius 2 is 1.52 bits per heavy atom. The summed E-state index contributed by atoms with van der Waals surface area (Å²) in [5, 5.41) is 8.69. The van der Waals surface area contributed by atoms with E-state index in [1.807, 2.05) is 6.07 Å². The lowest BCUT2D eigenvalue weighted by atomic mass is 10.0. The van der Waals surface area contributed by atoms with Gasteiger partial charge >= 0.3 is 0 Å². The topological polar surface area (TPSA) is 55.2 Å². The molecule has 0 saturated carbocycles. The van der Waals surface area contributed by atoms with Gasteiger partial charge in [0.1, 0.15) is 23.9 Å². The maximum Gasteiger partial charge on any atom is 0.155 e. The van der Waals surface area contributed by atoms with E-state index in [0.29, 0.717) is 0 Å². The normalized spacial score (nSPS) is 12.4. The van der Waals surface area contributed by atoms with Crippen LogP contribution in [0, 0.1) is 0 Å². The zero-order chi connectivity index (χ0) is 23.1. The third kappa shape index (κ3) is 8.87. The van der Waals surface area contributed by atoms with Crippen molar-refractivity contribution in [3.8, 4) is 5.75 Å². The highest BCUT2D eigenvalue weighted by Crippen LogP contribution is 2.25. The number of aryl methyl sites for hydroxylation is 1. The Bertz CT molecular complexity index is 872. The molecular weight excluding hydrogens is 408 g/mol. The second-order valence-corrected chi connectivity index (χ2v) is 9.39. The maximum atomic E-state index is 6.29. The number of fused-ring (bicyclic) bond motifs is 1. The Morgan fingerprint density at radius 1 is 0.848 bits per heavy atom. The maximum absolute atomic E-state index is 6.29. The van der Waals surface area contributed by atoms with Gasteiger partial charge in [0.05, 0.1) is 0 Å². The number of nitrogens with one attached hydrogen (secondary N) is 1. The number of benzene rings is 1. The van der Waals surface area contributed by atoms with Crippen molar-refractivity contribution in [3.05, 3.63) is 47.9 Å². The summed E-state index contributed by atoms with van der Waals surface area (Å²) < 4.78 is 7.91. The molecule has 0 bridgehead atoms. The monoisotopic (exact) mass is 452 g/mol. The number of hydrogen-bond donors (Lipinski definition) is 1. The zero-order valence-electron chi connectivity index (χ0n) is 20.9. The molecule has 33 heavy (non-hydrogen) atoms. The van der Waals surface area contributed by atoms with Gasteiger partial charge in [0, 0.05) is 6.07 Å². The van der Waals surface area contributed by atoms with Gasteiger partial charge in [-0.15, -0.1) is 14.8 Å². The van der Waals surface area contributed by atoms with Crippen molar-refractivity contribution < 1.29 is 4.74 Å². The zero-order valence-corrected chi connectivity index (χ0v) is 20.9. The van der Waals surface area contributed by atoms with E-state index in [2.05, 4.69) is 53.3 Å². The second-order valence-electron chi connectivity index (χ2n) is 9.39. The number of aromatic nitrogens is 4. The van der Waals surface area contributed by atoms with Crippen molar-refractivity contribution in [3.63, 3.8) is 0 Å². The lowest BCUT2D eigenvalue weighted by Gasteiger charge is -2.16. The molecule has 0 aliphatic heterocycles. The molecule has 1 atom stereocenters. The van der Waals surface area contributed by atoms with Gasteiger partial charge in [0.15, 0.2) is 5.65 Å². The first-order valence-electron chi connectivity index (χ1n) is 13.4. The predicted octanol–water partition coefficient (Wildman–Crippen LogP) is 8.22. The minimum absolute atomic E-state index is 0.0632. The molecule has 0 aliphatic rings. The molecule has 182 valence electrons. The van der Waals surface area contributed by atoms with Crippen molar-refractivity contribution in [1.29, 1.82) is 0 Å². The fourth-order valence-corrected chi connectivity index (χ4v) is 4.52. The van der Waals surface area contributed by atoms with E-state index < -0.39 is 0 Å². The molecule has 1 aromatic carbocycles. The van der Waals surface area contributed by atoms with E-state index in [1.54, 1.807) is 11.0 Å². The lowest BCUT2D eigenvalue weighted by Crippen LogP contribution is -2.08. The Labute approximate surface area is 200 Å². The molecule has 0 amide bonds. The van der Waals surface area contributed by atoms with Crippen molar-refractivity contribution in [2.24, 2.45) is 0 Å². The molecule has 0 radical (unpaired) electrons. The molecule has 2 aromatic heterocycles. The average Bonchev–Trinajstić information content (AvgIpc) is 3.43. The molecular formula is C28H44N4O. The number of ether oxygens (including phenoxy) is 1. The Hall–Kier alpha value is -2.30. The van der Waals surface area contributed by atoms with E-state index in [9.17, 15) is 0 Å². The van der Waals surface area contributed by atoms with Crippen molar-refractivity contribution in [1.82, 2.24) is 19.8 Å². The van der Waals surface area contributed by atoms with E-state index in [0.717, 1.165) is 29.9 Å². The van der Waals surface area contributed by atoms with Crippen LogP contribution < -0.4 is 4.74 Å². The van der Waals surface area contributed by atoms with Crippen LogP contribution in [0.5, 0.6) is 5.75 Å². The van der Waals surface area contributed by atoms with Crippen LogP contribution in [0.4, 0.5) is 0 Å². The van der Waals surface area contributed by atoms with Crippen LogP contribution in [0.25, 0.3) is 5.65 Å². The smallest absolute Gasteiger partial charge is 0.155 e. The van der Waals surface area contributed by atoms with E-state index in [-0.39, 0.29) is 6.10 Å². The van der Waals surface area contributed by atoms with E-state index >= 15 is 0 Å². The SMILES string of the molecule is CCCCCCCCCCCCCCCc1cccc(OC(CC)c2cc3[nH]cnn3n2)c1. The van der Waals surface area contributed by atoms with Gasteiger partial charge in [0.2, 0.25) is 0 Å². The summed E-state index contributed by atoms with van der Waals surface area (Å²) in [6, 6.07) is 10.6. The largest absolute Gasteiger partial charge is 0.484 e. The van der Waals surface area contributed by atoms with Gasteiger partial charge in [-0.2, -0.15) is 0 Å². The van der Waals surface area contributed by atoms with Gasteiger partial charge in [-0.1, -0.05) is 103 Å². The van der Waals surface area contributed by atoms with Crippen molar-refractivity contribution in [2.45, 2.75) is 116 Å². The van der Waals surface area contributed by atoms with Crippen molar-refractivity contribution in [2.75, 3.05) is 0 Å². The molecule has 3 rings (SSSR count). The highest BCUT2D eigenvalue weighted by molar-refractivity contribution is 5.38. The van der Waals surface area contributed by atoms with Gasteiger partial charge in [0.25, 0.3) is 0 Å². The molecule has 1 N–H and O–H groups in total. The molecule has 0 saturated heterocycles. The van der Waals surface area contributed by atoms with Crippen LogP contribution in [-0.4, -0.2) is 19.8 Å². The number of hydrogen-bond acceptors (Lipinski definition) is 3. The van der Waals surface area contributed by atoms with Gasteiger partial charge in [-0.3, -0.25) is 0 Å². The third-order valence-electron chi connectivity index (χ3n) is 6.54. The van der Waals surface area contributed by atoms with Crippen LogP contribution in [0.2, 0.25) is 0 Å².